The molecule has 1 aliphatic rings. The topological polar surface area (TPSA) is 127 Å². The van der Waals surface area contributed by atoms with Gasteiger partial charge in [-0.1, -0.05) is 6.07 Å². The number of aromatic hydroxyl groups is 1. The van der Waals surface area contributed by atoms with E-state index >= 15 is 0 Å². The molecule has 1 aliphatic heterocycles. The molecule has 3 aromatic heterocycles. The molecular weight excluding hydrogens is 446 g/mol. The molecule has 4 heterocycles. The van der Waals surface area contributed by atoms with E-state index in [0.29, 0.717) is 51.2 Å². The number of nitrogens with one attached hydrogen (secondary N) is 2. The molecule has 0 amide bonds. The minimum atomic E-state index is -0.401. The first-order valence-electron chi connectivity index (χ1n) is 11.5. The van der Waals surface area contributed by atoms with Crippen LogP contribution in [0.4, 0.5) is 11.5 Å². The minimum Gasteiger partial charge on any atom is -0.494 e. The van der Waals surface area contributed by atoms with Crippen molar-refractivity contribution >= 4 is 28.5 Å². The molecular formula is C26H27N5O4. The van der Waals surface area contributed by atoms with Crippen molar-refractivity contribution in [3.8, 4) is 17.2 Å². The highest BCUT2D eigenvalue weighted by atomic mass is 16.4. The van der Waals surface area contributed by atoms with E-state index in [2.05, 4.69) is 39.0 Å². The molecule has 2 atom stereocenters. The Kier molecular flexibility index (Phi) is 6.10. The quantitative estimate of drug-likeness (QED) is 0.328. The van der Waals surface area contributed by atoms with Crippen molar-refractivity contribution in [2.24, 2.45) is 4.99 Å². The summed E-state index contributed by atoms with van der Waals surface area (Å²) in [5.41, 5.74) is 1.31. The van der Waals surface area contributed by atoms with Crippen molar-refractivity contribution in [1.82, 2.24) is 15.3 Å². The van der Waals surface area contributed by atoms with Gasteiger partial charge in [0, 0.05) is 47.7 Å². The second-order valence-corrected chi connectivity index (χ2v) is 8.91. The predicted molar refractivity (Wildman–Crippen MR) is 136 cm³/mol. The fourth-order valence-electron chi connectivity index (χ4n) is 4.53. The molecule has 180 valence electrons. The van der Waals surface area contributed by atoms with Crippen molar-refractivity contribution in [2.45, 2.75) is 32.5 Å². The van der Waals surface area contributed by atoms with E-state index in [1.165, 1.54) is 6.21 Å². The van der Waals surface area contributed by atoms with E-state index in [9.17, 15) is 15.0 Å². The maximum absolute atomic E-state index is 12.4. The first-order chi connectivity index (χ1) is 16.9. The summed E-state index contributed by atoms with van der Waals surface area (Å²) in [5, 5.41) is 24.2. The van der Waals surface area contributed by atoms with E-state index in [1.807, 2.05) is 12.1 Å². The van der Waals surface area contributed by atoms with Gasteiger partial charge >= 0.3 is 0 Å². The smallest absolute Gasteiger partial charge is 0.258 e. The normalized spacial score (nSPS) is 18.5. The number of aliphatic hydroxyl groups excluding tert-OH is 1. The minimum absolute atomic E-state index is 0.203. The maximum atomic E-state index is 12.4. The van der Waals surface area contributed by atoms with Crippen LogP contribution in [0.5, 0.6) is 5.88 Å². The average Bonchev–Trinajstić information content (AvgIpc) is 3.33. The number of aromatic amines is 1. The van der Waals surface area contributed by atoms with E-state index < -0.39 is 5.56 Å². The summed E-state index contributed by atoms with van der Waals surface area (Å²) in [5.74, 6) is 1.62. The van der Waals surface area contributed by atoms with Crippen LogP contribution in [0.25, 0.3) is 22.1 Å². The highest BCUT2D eigenvalue weighted by Crippen LogP contribution is 2.29. The van der Waals surface area contributed by atoms with Gasteiger partial charge < -0.3 is 24.8 Å². The van der Waals surface area contributed by atoms with Gasteiger partial charge in [0.2, 0.25) is 5.88 Å². The zero-order valence-corrected chi connectivity index (χ0v) is 19.5. The maximum Gasteiger partial charge on any atom is 0.258 e. The van der Waals surface area contributed by atoms with Crippen molar-refractivity contribution in [1.29, 1.82) is 0 Å². The Hall–Kier alpha value is -3.95. The number of aliphatic imine (C=N–C) groups is 1. The summed E-state index contributed by atoms with van der Waals surface area (Å²) in [7, 11) is 0. The molecule has 4 N–H and O–H groups in total. The van der Waals surface area contributed by atoms with Crippen LogP contribution in [0, 0.1) is 0 Å². The number of piperazine rings is 1. The zero-order chi connectivity index (χ0) is 24.5. The largest absolute Gasteiger partial charge is 0.494 e. The zero-order valence-electron chi connectivity index (χ0n) is 19.5. The van der Waals surface area contributed by atoms with Crippen LogP contribution < -0.4 is 15.8 Å². The molecule has 9 nitrogen and oxygen atoms in total. The van der Waals surface area contributed by atoms with Gasteiger partial charge in [-0.3, -0.25) is 14.8 Å². The molecule has 0 aliphatic carbocycles. The van der Waals surface area contributed by atoms with Gasteiger partial charge in [-0.2, -0.15) is 0 Å². The Balaban J connectivity index is 1.46. The molecule has 0 spiro atoms. The summed E-state index contributed by atoms with van der Waals surface area (Å²) in [4.78, 5) is 26.2. The second-order valence-electron chi connectivity index (χ2n) is 8.91. The van der Waals surface area contributed by atoms with Gasteiger partial charge in [0.05, 0.1) is 17.4 Å². The lowest BCUT2D eigenvalue weighted by Crippen LogP contribution is -2.54. The average molecular weight is 474 g/mol. The molecule has 0 saturated carbocycles. The van der Waals surface area contributed by atoms with Gasteiger partial charge in [-0.15, -0.1) is 0 Å². The molecule has 1 fully saturated rings. The number of rotatable bonds is 5. The molecule has 9 heteroatoms. The van der Waals surface area contributed by atoms with Gasteiger partial charge in [0.1, 0.15) is 23.9 Å². The summed E-state index contributed by atoms with van der Waals surface area (Å²) in [6.07, 6.45) is 3.21. The van der Waals surface area contributed by atoms with Gasteiger partial charge in [-0.05, 0) is 50.2 Å². The predicted octanol–water partition coefficient (Wildman–Crippen LogP) is 3.32. The van der Waals surface area contributed by atoms with Crippen molar-refractivity contribution < 1.29 is 14.6 Å². The Morgan fingerprint density at radius 1 is 1.14 bits per heavy atom. The molecule has 0 unspecified atom stereocenters. The number of pyridine rings is 2. The molecule has 1 saturated heterocycles. The van der Waals surface area contributed by atoms with Gasteiger partial charge in [0.15, 0.2) is 0 Å². The number of fused-ring (bicyclic) bond motifs is 1. The third-order valence-electron chi connectivity index (χ3n) is 6.10. The molecule has 0 bridgehead atoms. The number of hydrogen-bond acceptors (Lipinski definition) is 8. The van der Waals surface area contributed by atoms with Crippen LogP contribution in [0.15, 0.2) is 62.9 Å². The SMILES string of the molecule is C[C@@H]1CN(c2ccc(N=Cc3c(O)[nH]c(=O)c4ccc(-c5ccc(CO)o5)cc34)cn2)C[C@H](C)N1. The lowest BCUT2D eigenvalue weighted by molar-refractivity contribution is 0.248. The van der Waals surface area contributed by atoms with Crippen LogP contribution in [0.3, 0.4) is 0 Å². The lowest BCUT2D eigenvalue weighted by atomic mass is 10.0. The monoisotopic (exact) mass is 473 g/mol. The van der Waals surface area contributed by atoms with Crippen LogP contribution in [-0.2, 0) is 6.61 Å². The van der Waals surface area contributed by atoms with Crippen LogP contribution in [0.1, 0.15) is 25.2 Å². The number of furan rings is 1. The first-order valence-corrected chi connectivity index (χ1v) is 11.5. The Morgan fingerprint density at radius 3 is 2.63 bits per heavy atom. The van der Waals surface area contributed by atoms with Crippen LogP contribution in [0.2, 0.25) is 0 Å². The molecule has 1 aromatic carbocycles. The molecule has 4 aromatic rings. The number of nitrogens with zero attached hydrogens (tertiary/aromatic N) is 3. The number of anilines is 1. The molecule has 5 rings (SSSR count). The number of hydrogen-bond donors (Lipinski definition) is 4. The summed E-state index contributed by atoms with van der Waals surface area (Å²) >= 11 is 0. The van der Waals surface area contributed by atoms with E-state index in [-0.39, 0.29) is 12.5 Å². The third kappa shape index (κ3) is 4.68. The van der Waals surface area contributed by atoms with E-state index in [0.717, 1.165) is 18.9 Å². The van der Waals surface area contributed by atoms with E-state index in [1.54, 1.807) is 36.5 Å². The summed E-state index contributed by atoms with van der Waals surface area (Å²) < 4.78 is 5.62. The lowest BCUT2D eigenvalue weighted by Gasteiger charge is -2.36. The third-order valence-corrected chi connectivity index (χ3v) is 6.10. The fourth-order valence-corrected chi connectivity index (χ4v) is 4.53. The second kappa shape index (κ2) is 9.36. The van der Waals surface area contributed by atoms with Gasteiger partial charge in [-0.25, -0.2) is 4.98 Å². The standard InChI is InChI=1S/C26H27N5O4/c1-15-12-31(13-16(2)29-15)24-8-4-18(10-28-24)27-11-22-21-9-17(23-7-5-19(14-32)35-23)3-6-20(21)25(33)30-26(22)34/h3-11,15-16,29,32H,12-14H2,1-2H3,(H2,30,33,34)/t15-,16+. The Morgan fingerprint density at radius 2 is 1.94 bits per heavy atom. The number of H-pyrrole nitrogens is 1. The van der Waals surface area contributed by atoms with E-state index in [4.69, 9.17) is 4.42 Å². The summed E-state index contributed by atoms with van der Waals surface area (Å²) in [6, 6.07) is 13.2. The highest BCUT2D eigenvalue weighted by Gasteiger charge is 2.21. The summed E-state index contributed by atoms with van der Waals surface area (Å²) in [6.45, 7) is 5.88. The Labute approximate surface area is 201 Å². The number of aliphatic hydroxyl groups is 1. The van der Waals surface area contributed by atoms with Crippen LogP contribution in [-0.4, -0.2) is 51.6 Å². The molecule has 0 radical (unpaired) electrons. The van der Waals surface area contributed by atoms with Crippen molar-refractivity contribution in [2.75, 3.05) is 18.0 Å². The van der Waals surface area contributed by atoms with Crippen molar-refractivity contribution in [3.05, 3.63) is 70.3 Å². The number of benzene rings is 1. The van der Waals surface area contributed by atoms with Crippen molar-refractivity contribution in [3.63, 3.8) is 0 Å². The van der Waals surface area contributed by atoms with Crippen LogP contribution >= 0.6 is 0 Å². The first kappa shape index (κ1) is 22.8. The molecule has 35 heavy (non-hydrogen) atoms. The highest BCUT2D eigenvalue weighted by molar-refractivity contribution is 6.03. The fraction of sp³-hybridized carbons (Fsp3) is 0.269. The van der Waals surface area contributed by atoms with Gasteiger partial charge in [0.25, 0.3) is 5.56 Å². The Bertz CT molecular complexity index is 1430. The number of aromatic nitrogens is 2.